The second-order valence-electron chi connectivity index (χ2n) is 2.22. The molecule has 0 aliphatic carbocycles. The molecular weight excluding hydrogens is 136 g/mol. The summed E-state index contributed by atoms with van der Waals surface area (Å²) >= 11 is 4.02. The molecule has 3 heteroatoms. The quantitative estimate of drug-likeness (QED) is 0.592. The standard InChI is InChI=1S/C6H12O2S/c1-5(4-9)2-3-6(7)8/h5,9H,2-4H2,1H3,(H,7,8). The van der Waals surface area contributed by atoms with E-state index in [9.17, 15) is 4.79 Å². The van der Waals surface area contributed by atoms with E-state index in [0.717, 1.165) is 12.2 Å². The van der Waals surface area contributed by atoms with Crippen molar-refractivity contribution in [3.8, 4) is 0 Å². The molecule has 0 radical (unpaired) electrons. The molecule has 0 heterocycles. The number of carboxylic acid groups (broad SMARTS) is 1. The molecule has 1 unspecified atom stereocenters. The molecule has 0 saturated heterocycles. The maximum absolute atomic E-state index is 9.99. The largest absolute Gasteiger partial charge is 0.481 e. The van der Waals surface area contributed by atoms with E-state index >= 15 is 0 Å². The van der Waals surface area contributed by atoms with Gasteiger partial charge in [0.15, 0.2) is 0 Å². The molecule has 0 aromatic rings. The van der Waals surface area contributed by atoms with E-state index < -0.39 is 5.97 Å². The Morgan fingerprint density at radius 2 is 2.33 bits per heavy atom. The summed E-state index contributed by atoms with van der Waals surface area (Å²) in [5, 5.41) is 8.23. The van der Waals surface area contributed by atoms with Gasteiger partial charge in [-0.3, -0.25) is 4.79 Å². The zero-order chi connectivity index (χ0) is 7.28. The van der Waals surface area contributed by atoms with Gasteiger partial charge in [-0.15, -0.1) is 0 Å². The molecule has 0 saturated carbocycles. The molecule has 0 aliphatic heterocycles. The molecule has 9 heavy (non-hydrogen) atoms. The van der Waals surface area contributed by atoms with Crippen LogP contribution >= 0.6 is 12.6 Å². The van der Waals surface area contributed by atoms with E-state index in [0.29, 0.717) is 5.92 Å². The van der Waals surface area contributed by atoms with E-state index in [-0.39, 0.29) is 6.42 Å². The van der Waals surface area contributed by atoms with Gasteiger partial charge in [-0.1, -0.05) is 6.92 Å². The van der Waals surface area contributed by atoms with Gasteiger partial charge in [0.25, 0.3) is 0 Å². The van der Waals surface area contributed by atoms with Crippen LogP contribution in [0.1, 0.15) is 19.8 Å². The summed E-state index contributed by atoms with van der Waals surface area (Å²) in [6.45, 7) is 2.00. The molecule has 0 aromatic heterocycles. The summed E-state index contributed by atoms with van der Waals surface area (Å²) in [5.41, 5.74) is 0. The maximum Gasteiger partial charge on any atom is 0.303 e. The third kappa shape index (κ3) is 5.69. The summed E-state index contributed by atoms with van der Waals surface area (Å²) < 4.78 is 0. The van der Waals surface area contributed by atoms with Crippen molar-refractivity contribution in [3.05, 3.63) is 0 Å². The zero-order valence-electron chi connectivity index (χ0n) is 5.50. The zero-order valence-corrected chi connectivity index (χ0v) is 6.40. The molecule has 1 N–H and O–H groups in total. The van der Waals surface area contributed by atoms with Crippen LogP contribution in [0.25, 0.3) is 0 Å². The van der Waals surface area contributed by atoms with Crippen molar-refractivity contribution in [2.45, 2.75) is 19.8 Å². The van der Waals surface area contributed by atoms with E-state index in [1.807, 2.05) is 6.92 Å². The van der Waals surface area contributed by atoms with Crippen molar-refractivity contribution in [2.24, 2.45) is 5.92 Å². The van der Waals surface area contributed by atoms with Crippen LogP contribution in [-0.2, 0) is 4.79 Å². The summed E-state index contributed by atoms with van der Waals surface area (Å²) in [6, 6.07) is 0. The normalized spacial score (nSPS) is 13.1. The molecule has 2 nitrogen and oxygen atoms in total. The van der Waals surface area contributed by atoms with Crippen LogP contribution in [0.2, 0.25) is 0 Å². The molecule has 0 rings (SSSR count). The van der Waals surface area contributed by atoms with Crippen molar-refractivity contribution in [1.29, 1.82) is 0 Å². The predicted molar refractivity (Wildman–Crippen MR) is 39.9 cm³/mol. The molecule has 54 valence electrons. The van der Waals surface area contributed by atoms with Crippen molar-refractivity contribution in [1.82, 2.24) is 0 Å². The highest BCUT2D eigenvalue weighted by molar-refractivity contribution is 7.80. The maximum atomic E-state index is 9.99. The van der Waals surface area contributed by atoms with E-state index in [4.69, 9.17) is 5.11 Å². The van der Waals surface area contributed by atoms with Crippen LogP contribution in [0.4, 0.5) is 0 Å². The Kier molecular flexibility index (Phi) is 4.58. The van der Waals surface area contributed by atoms with Crippen LogP contribution in [0, 0.1) is 5.92 Å². The monoisotopic (exact) mass is 148 g/mol. The Morgan fingerprint density at radius 3 is 2.67 bits per heavy atom. The first kappa shape index (κ1) is 8.82. The third-order valence-corrected chi connectivity index (χ3v) is 1.79. The van der Waals surface area contributed by atoms with Crippen molar-refractivity contribution < 1.29 is 9.90 Å². The Labute approximate surface area is 60.7 Å². The molecule has 0 aliphatic rings. The highest BCUT2D eigenvalue weighted by atomic mass is 32.1. The first-order valence-corrected chi connectivity index (χ1v) is 3.62. The molecule has 0 amide bonds. The van der Waals surface area contributed by atoms with Crippen molar-refractivity contribution in [3.63, 3.8) is 0 Å². The van der Waals surface area contributed by atoms with Gasteiger partial charge in [0.2, 0.25) is 0 Å². The first-order valence-electron chi connectivity index (χ1n) is 2.99. The van der Waals surface area contributed by atoms with Gasteiger partial charge >= 0.3 is 5.97 Å². The average molecular weight is 148 g/mol. The highest BCUT2D eigenvalue weighted by Gasteiger charge is 2.01. The lowest BCUT2D eigenvalue weighted by Gasteiger charge is -2.02. The topological polar surface area (TPSA) is 37.3 Å². The van der Waals surface area contributed by atoms with Crippen LogP contribution in [0.3, 0.4) is 0 Å². The van der Waals surface area contributed by atoms with Gasteiger partial charge in [-0.25, -0.2) is 0 Å². The summed E-state index contributed by atoms with van der Waals surface area (Å²) in [6.07, 6.45) is 1.00. The van der Waals surface area contributed by atoms with E-state index in [1.54, 1.807) is 0 Å². The van der Waals surface area contributed by atoms with Crippen molar-refractivity contribution in [2.75, 3.05) is 5.75 Å². The first-order chi connectivity index (χ1) is 4.16. The fourth-order valence-corrected chi connectivity index (χ4v) is 0.644. The van der Waals surface area contributed by atoms with Gasteiger partial charge in [0.1, 0.15) is 0 Å². The highest BCUT2D eigenvalue weighted by Crippen LogP contribution is 2.05. The Bertz CT molecular complexity index is 93.1. The number of hydrogen-bond donors (Lipinski definition) is 2. The second-order valence-corrected chi connectivity index (χ2v) is 2.59. The molecular formula is C6H12O2S. The lowest BCUT2D eigenvalue weighted by molar-refractivity contribution is -0.137. The summed E-state index contributed by atoms with van der Waals surface area (Å²) in [5.74, 6) is 0.473. The molecule has 0 fully saturated rings. The minimum atomic E-state index is -0.719. The molecule has 1 atom stereocenters. The van der Waals surface area contributed by atoms with Crippen LogP contribution in [0.15, 0.2) is 0 Å². The van der Waals surface area contributed by atoms with Gasteiger partial charge in [0, 0.05) is 6.42 Å². The van der Waals surface area contributed by atoms with Crippen LogP contribution < -0.4 is 0 Å². The Balaban J connectivity index is 3.16. The SMILES string of the molecule is CC(CS)CCC(=O)O. The minimum absolute atomic E-state index is 0.266. The average Bonchev–Trinajstić information content (AvgIpc) is 1.83. The second kappa shape index (κ2) is 4.68. The summed E-state index contributed by atoms with van der Waals surface area (Å²) in [7, 11) is 0. The number of aliphatic carboxylic acids is 1. The number of thiol groups is 1. The van der Waals surface area contributed by atoms with Gasteiger partial charge in [-0.2, -0.15) is 12.6 Å². The fourth-order valence-electron chi connectivity index (χ4n) is 0.461. The lowest BCUT2D eigenvalue weighted by Crippen LogP contribution is -2.01. The van der Waals surface area contributed by atoms with Crippen molar-refractivity contribution >= 4 is 18.6 Å². The lowest BCUT2D eigenvalue weighted by atomic mass is 10.1. The van der Waals surface area contributed by atoms with E-state index in [2.05, 4.69) is 12.6 Å². The minimum Gasteiger partial charge on any atom is -0.481 e. The van der Waals surface area contributed by atoms with Crippen LogP contribution in [-0.4, -0.2) is 16.8 Å². The number of hydrogen-bond acceptors (Lipinski definition) is 2. The predicted octanol–water partition coefficient (Wildman–Crippen LogP) is 1.42. The Hall–Kier alpha value is -0.180. The molecule has 0 bridgehead atoms. The number of rotatable bonds is 4. The summed E-state index contributed by atoms with van der Waals surface area (Å²) in [4.78, 5) is 9.99. The molecule has 0 spiro atoms. The van der Waals surface area contributed by atoms with Gasteiger partial charge < -0.3 is 5.11 Å². The number of carboxylic acids is 1. The number of carbonyl (C=O) groups is 1. The molecule has 0 aromatic carbocycles. The Morgan fingerprint density at radius 1 is 1.78 bits per heavy atom. The van der Waals surface area contributed by atoms with E-state index in [1.165, 1.54) is 0 Å². The van der Waals surface area contributed by atoms with Crippen LogP contribution in [0.5, 0.6) is 0 Å². The fraction of sp³-hybridized carbons (Fsp3) is 0.833. The third-order valence-electron chi connectivity index (χ3n) is 1.16. The van der Waals surface area contributed by atoms with Gasteiger partial charge in [-0.05, 0) is 18.1 Å². The smallest absolute Gasteiger partial charge is 0.303 e. The van der Waals surface area contributed by atoms with Gasteiger partial charge in [0.05, 0.1) is 0 Å².